The Balaban J connectivity index is 1.84. The highest BCUT2D eigenvalue weighted by Gasteiger charge is 2.39. The van der Waals surface area contributed by atoms with E-state index in [4.69, 9.17) is 0 Å². The number of hydrogen-bond donors (Lipinski definition) is 3. The Kier molecular flexibility index (Phi) is 9.44. The summed E-state index contributed by atoms with van der Waals surface area (Å²) in [6.07, 6.45) is 1.15. The molecule has 1 fully saturated rings. The largest absolute Gasteiger partial charge is 0.390 e. The van der Waals surface area contributed by atoms with E-state index < -0.39 is 39.3 Å². The van der Waals surface area contributed by atoms with Crippen LogP contribution in [0.1, 0.15) is 56.2 Å². The average Bonchev–Trinajstić information content (AvgIpc) is 2.81. The quantitative estimate of drug-likeness (QED) is 0.433. The first-order valence-electron chi connectivity index (χ1n) is 12.5. The van der Waals surface area contributed by atoms with Crippen molar-refractivity contribution in [3.05, 3.63) is 70.8 Å². The number of carbonyl (C=O) groups is 1. The van der Waals surface area contributed by atoms with Crippen LogP contribution in [0.4, 0.5) is 8.78 Å². The number of amides is 1. The van der Waals surface area contributed by atoms with Gasteiger partial charge in [-0.15, -0.1) is 0 Å². The van der Waals surface area contributed by atoms with Crippen molar-refractivity contribution in [3.8, 4) is 0 Å². The highest BCUT2D eigenvalue weighted by molar-refractivity contribution is 7.88. The molecule has 7 nitrogen and oxygen atoms in total. The van der Waals surface area contributed by atoms with Gasteiger partial charge in [0.1, 0.15) is 11.6 Å². The van der Waals surface area contributed by atoms with Gasteiger partial charge < -0.3 is 15.7 Å². The fourth-order valence-corrected chi connectivity index (χ4v) is 5.78. The second-order valence-electron chi connectivity index (χ2n) is 10.3. The van der Waals surface area contributed by atoms with Crippen molar-refractivity contribution in [2.24, 2.45) is 0 Å². The lowest BCUT2D eigenvalue weighted by atomic mass is 9.80. The van der Waals surface area contributed by atoms with Crippen LogP contribution in [-0.2, 0) is 26.8 Å². The fraction of sp³-hybridized carbons (Fsp3) is 0.519. The first kappa shape index (κ1) is 29.2. The Hall–Kier alpha value is -2.40. The van der Waals surface area contributed by atoms with Gasteiger partial charge >= 0.3 is 0 Å². The lowest BCUT2D eigenvalue weighted by molar-refractivity contribution is -0.120. The van der Waals surface area contributed by atoms with E-state index in [1.54, 1.807) is 0 Å². The number of hydrogen-bond acceptors (Lipinski definition) is 5. The Bertz CT molecular complexity index is 1180. The van der Waals surface area contributed by atoms with Crippen molar-refractivity contribution in [2.75, 3.05) is 25.9 Å². The minimum Gasteiger partial charge on any atom is -0.390 e. The standard InChI is InChI=1S/C27H37F2N3O4S/c1-18(2)21-6-5-7-22(15-21)27(8-10-32(11-9-27)37(4,35)36)30-17-26(34)25(31-19(3)33)14-20-12-23(28)16-24(29)13-20/h5-7,12-13,15-16,18,25-26,30,34H,8-11,14,17H2,1-4H3,(H,31,33). The van der Waals surface area contributed by atoms with Gasteiger partial charge in [-0.2, -0.15) is 0 Å². The molecular weight excluding hydrogens is 500 g/mol. The minimum atomic E-state index is -3.33. The van der Waals surface area contributed by atoms with E-state index in [9.17, 15) is 27.1 Å². The third-order valence-electron chi connectivity index (χ3n) is 7.03. The molecule has 2 aromatic rings. The van der Waals surface area contributed by atoms with Crippen LogP contribution in [0.25, 0.3) is 0 Å². The molecule has 37 heavy (non-hydrogen) atoms. The Morgan fingerprint density at radius 1 is 1.11 bits per heavy atom. The van der Waals surface area contributed by atoms with Crippen molar-refractivity contribution in [1.29, 1.82) is 0 Å². The van der Waals surface area contributed by atoms with Gasteiger partial charge in [0.2, 0.25) is 15.9 Å². The number of aliphatic hydroxyl groups is 1. The third kappa shape index (κ3) is 7.80. The van der Waals surface area contributed by atoms with Gasteiger partial charge in [0.15, 0.2) is 0 Å². The smallest absolute Gasteiger partial charge is 0.217 e. The van der Waals surface area contributed by atoms with Crippen LogP contribution < -0.4 is 10.6 Å². The number of carbonyl (C=O) groups excluding carboxylic acids is 1. The summed E-state index contributed by atoms with van der Waals surface area (Å²) in [5.74, 6) is -1.53. The molecule has 0 saturated carbocycles. The molecule has 0 spiro atoms. The molecule has 1 aliphatic heterocycles. The van der Waals surface area contributed by atoms with Gasteiger partial charge in [-0.1, -0.05) is 38.1 Å². The summed E-state index contributed by atoms with van der Waals surface area (Å²) in [6.45, 7) is 6.24. The lowest BCUT2D eigenvalue weighted by Crippen LogP contribution is -2.56. The van der Waals surface area contributed by atoms with Crippen LogP contribution in [-0.4, -0.2) is 61.8 Å². The fourth-order valence-electron chi connectivity index (χ4n) is 4.93. The summed E-state index contributed by atoms with van der Waals surface area (Å²) >= 11 is 0. The van der Waals surface area contributed by atoms with Gasteiger partial charge in [-0.25, -0.2) is 21.5 Å². The molecule has 3 rings (SSSR count). The zero-order valence-electron chi connectivity index (χ0n) is 21.8. The maximum absolute atomic E-state index is 13.7. The van der Waals surface area contributed by atoms with Crippen molar-refractivity contribution in [1.82, 2.24) is 14.9 Å². The molecule has 1 aliphatic rings. The van der Waals surface area contributed by atoms with Gasteiger partial charge in [-0.3, -0.25) is 4.79 Å². The van der Waals surface area contributed by atoms with E-state index in [2.05, 4.69) is 30.5 Å². The molecule has 1 heterocycles. The zero-order valence-corrected chi connectivity index (χ0v) is 22.6. The molecule has 1 saturated heterocycles. The van der Waals surface area contributed by atoms with Crippen LogP contribution in [0.2, 0.25) is 0 Å². The predicted octanol–water partition coefficient (Wildman–Crippen LogP) is 3.04. The summed E-state index contributed by atoms with van der Waals surface area (Å²) in [5.41, 5.74) is 1.87. The molecule has 2 unspecified atom stereocenters. The summed E-state index contributed by atoms with van der Waals surface area (Å²) in [6, 6.07) is 10.5. The number of sulfonamides is 1. The maximum atomic E-state index is 13.7. The normalized spacial score (nSPS) is 17.9. The first-order chi connectivity index (χ1) is 17.3. The molecule has 0 aromatic heterocycles. The van der Waals surface area contributed by atoms with Crippen LogP contribution in [0, 0.1) is 11.6 Å². The van der Waals surface area contributed by atoms with Gasteiger partial charge in [0.25, 0.3) is 0 Å². The average molecular weight is 538 g/mol. The molecule has 1 amide bonds. The van der Waals surface area contributed by atoms with Crippen molar-refractivity contribution < 1.29 is 27.1 Å². The van der Waals surface area contributed by atoms with E-state index >= 15 is 0 Å². The maximum Gasteiger partial charge on any atom is 0.217 e. The minimum absolute atomic E-state index is 0.0365. The summed E-state index contributed by atoms with van der Waals surface area (Å²) in [7, 11) is -3.33. The highest BCUT2D eigenvalue weighted by Crippen LogP contribution is 2.35. The van der Waals surface area contributed by atoms with E-state index in [-0.39, 0.29) is 18.9 Å². The molecule has 204 valence electrons. The zero-order chi connectivity index (χ0) is 27.4. The third-order valence-corrected chi connectivity index (χ3v) is 8.33. The lowest BCUT2D eigenvalue weighted by Gasteiger charge is -2.43. The first-order valence-corrected chi connectivity index (χ1v) is 14.3. The topological polar surface area (TPSA) is 98.7 Å². The number of aliphatic hydroxyl groups excluding tert-OH is 1. The van der Waals surface area contributed by atoms with Gasteiger partial charge in [0, 0.05) is 38.2 Å². The van der Waals surface area contributed by atoms with Crippen molar-refractivity contribution in [2.45, 2.75) is 63.6 Å². The van der Waals surface area contributed by atoms with E-state index in [1.807, 2.05) is 18.2 Å². The second-order valence-corrected chi connectivity index (χ2v) is 12.2. The number of rotatable bonds is 10. The van der Waals surface area contributed by atoms with Crippen molar-refractivity contribution in [3.63, 3.8) is 0 Å². The number of piperidine rings is 1. The SMILES string of the molecule is CC(=O)NC(Cc1cc(F)cc(F)c1)C(O)CNC1(c2cccc(C(C)C)c2)CCN(S(C)(=O)=O)CC1. The van der Waals surface area contributed by atoms with Crippen LogP contribution in [0.15, 0.2) is 42.5 Å². The molecule has 0 aliphatic carbocycles. The summed E-state index contributed by atoms with van der Waals surface area (Å²) in [4.78, 5) is 11.9. The Morgan fingerprint density at radius 2 is 1.73 bits per heavy atom. The molecule has 0 radical (unpaired) electrons. The Labute approximate surface area is 218 Å². The molecular formula is C27H37F2N3O4S. The second kappa shape index (κ2) is 12.0. The van der Waals surface area contributed by atoms with Crippen molar-refractivity contribution >= 4 is 15.9 Å². The van der Waals surface area contributed by atoms with Crippen LogP contribution in [0.3, 0.4) is 0 Å². The van der Waals surface area contributed by atoms with Gasteiger partial charge in [0.05, 0.1) is 18.4 Å². The van der Waals surface area contributed by atoms with Crippen LogP contribution >= 0.6 is 0 Å². The highest BCUT2D eigenvalue weighted by atomic mass is 32.2. The molecule has 2 aromatic carbocycles. The summed E-state index contributed by atoms with van der Waals surface area (Å²) in [5, 5.41) is 17.3. The molecule has 0 bridgehead atoms. The predicted molar refractivity (Wildman–Crippen MR) is 140 cm³/mol. The monoisotopic (exact) mass is 537 g/mol. The number of nitrogens with zero attached hydrogens (tertiary/aromatic N) is 1. The van der Waals surface area contributed by atoms with E-state index in [0.29, 0.717) is 37.4 Å². The Morgan fingerprint density at radius 3 is 2.27 bits per heavy atom. The van der Waals surface area contributed by atoms with E-state index in [0.717, 1.165) is 17.2 Å². The molecule has 10 heteroatoms. The van der Waals surface area contributed by atoms with E-state index in [1.165, 1.54) is 29.6 Å². The van der Waals surface area contributed by atoms with Crippen LogP contribution in [0.5, 0.6) is 0 Å². The molecule has 3 N–H and O–H groups in total. The number of nitrogens with one attached hydrogen (secondary N) is 2. The molecule has 2 atom stereocenters. The number of halogens is 2. The number of benzene rings is 2. The van der Waals surface area contributed by atoms with Gasteiger partial charge in [-0.05, 0) is 54.0 Å². The summed E-state index contributed by atoms with van der Waals surface area (Å²) < 4.78 is 53.2.